The normalized spacial score (nSPS) is 17.2. The minimum absolute atomic E-state index is 0.0778. The van der Waals surface area contributed by atoms with E-state index in [0.717, 1.165) is 6.42 Å². The first-order valence-corrected chi connectivity index (χ1v) is 10.5. The molecule has 0 saturated carbocycles. The number of sulfone groups is 1. The summed E-state index contributed by atoms with van der Waals surface area (Å²) in [6, 6.07) is 2.36. The Morgan fingerprint density at radius 3 is 2.81 bits per heavy atom. The van der Waals surface area contributed by atoms with Crippen molar-refractivity contribution in [2.24, 2.45) is 5.84 Å². The van der Waals surface area contributed by atoms with Crippen molar-refractivity contribution in [1.29, 1.82) is 0 Å². The van der Waals surface area contributed by atoms with Crippen LogP contribution in [0.15, 0.2) is 6.07 Å². The average molecular weight is 331 g/mol. The smallest absolute Gasteiger partial charge is 0.150 e. The summed E-state index contributed by atoms with van der Waals surface area (Å²) in [5.41, 5.74) is 4.34. The molecule has 1 unspecified atom stereocenters. The molecule has 0 bridgehead atoms. The van der Waals surface area contributed by atoms with Gasteiger partial charge in [-0.15, -0.1) is 11.3 Å². The van der Waals surface area contributed by atoms with Crippen LogP contribution in [0.2, 0.25) is 0 Å². The maximum absolute atomic E-state index is 11.6. The van der Waals surface area contributed by atoms with Crippen molar-refractivity contribution in [3.05, 3.63) is 21.4 Å². The van der Waals surface area contributed by atoms with Crippen LogP contribution in [-0.4, -0.2) is 19.9 Å². The topological polar surface area (TPSA) is 72.2 Å². The number of aryl methyl sites for hydroxylation is 2. The van der Waals surface area contributed by atoms with Gasteiger partial charge in [0.1, 0.15) is 9.84 Å². The average Bonchev–Trinajstić information content (AvgIpc) is 2.74. The van der Waals surface area contributed by atoms with Gasteiger partial charge in [-0.05, 0) is 50.2 Å². The molecule has 2 rings (SSSR count). The van der Waals surface area contributed by atoms with E-state index in [4.69, 9.17) is 5.84 Å². The van der Waals surface area contributed by atoms with Crippen molar-refractivity contribution in [1.82, 2.24) is 5.43 Å². The monoisotopic (exact) mass is 330 g/mol. The van der Waals surface area contributed by atoms with Crippen molar-refractivity contribution in [3.63, 3.8) is 0 Å². The quantitative estimate of drug-likeness (QED) is 0.458. The predicted molar refractivity (Wildman–Crippen MR) is 89.2 cm³/mol. The van der Waals surface area contributed by atoms with Gasteiger partial charge in [-0.3, -0.25) is 11.3 Å². The van der Waals surface area contributed by atoms with Gasteiger partial charge in [0.05, 0.1) is 11.8 Å². The van der Waals surface area contributed by atoms with Crippen LogP contribution in [0, 0.1) is 0 Å². The highest BCUT2D eigenvalue weighted by molar-refractivity contribution is 7.91. The number of nitrogens with one attached hydrogen (secondary N) is 1. The lowest BCUT2D eigenvalue weighted by Gasteiger charge is -2.14. The molecule has 0 aliphatic heterocycles. The number of nitrogens with two attached hydrogens (primary N) is 1. The second-order valence-corrected chi connectivity index (χ2v) is 9.40. The van der Waals surface area contributed by atoms with E-state index in [-0.39, 0.29) is 17.5 Å². The molecule has 1 aliphatic carbocycles. The number of rotatable bonds is 7. The Bertz CT molecular complexity index is 529. The minimum Gasteiger partial charge on any atom is -0.271 e. The highest BCUT2D eigenvalue weighted by Gasteiger charge is 2.18. The number of hydrogen-bond donors (Lipinski definition) is 2. The van der Waals surface area contributed by atoms with Gasteiger partial charge in [-0.25, -0.2) is 8.42 Å². The molecule has 1 aromatic heterocycles. The van der Waals surface area contributed by atoms with Gasteiger partial charge in [0.25, 0.3) is 0 Å². The lowest BCUT2D eigenvalue weighted by atomic mass is 10.1. The highest BCUT2D eigenvalue weighted by Crippen LogP contribution is 2.33. The van der Waals surface area contributed by atoms with Crippen molar-refractivity contribution >= 4 is 21.2 Å². The van der Waals surface area contributed by atoms with Crippen molar-refractivity contribution < 1.29 is 8.42 Å². The predicted octanol–water partition coefficient (Wildman–Crippen LogP) is 2.74. The van der Waals surface area contributed by atoms with Crippen LogP contribution in [0.1, 0.15) is 60.4 Å². The second kappa shape index (κ2) is 7.72. The van der Waals surface area contributed by atoms with E-state index in [1.54, 1.807) is 6.92 Å². The van der Waals surface area contributed by atoms with Gasteiger partial charge in [0.15, 0.2) is 0 Å². The van der Waals surface area contributed by atoms with Gasteiger partial charge in [-0.1, -0.05) is 13.3 Å². The summed E-state index contributed by atoms with van der Waals surface area (Å²) in [7, 11) is -2.88. The molecule has 1 aliphatic rings. The van der Waals surface area contributed by atoms with Gasteiger partial charge < -0.3 is 0 Å². The van der Waals surface area contributed by atoms with Crippen LogP contribution in [0.4, 0.5) is 0 Å². The summed E-state index contributed by atoms with van der Waals surface area (Å²) in [6.45, 7) is 1.70. The molecule has 6 heteroatoms. The van der Waals surface area contributed by atoms with Crippen LogP contribution < -0.4 is 11.3 Å². The van der Waals surface area contributed by atoms with E-state index in [1.165, 1.54) is 47.4 Å². The number of hydrazine groups is 1. The third-order valence-electron chi connectivity index (χ3n) is 4.20. The molecule has 1 atom stereocenters. The molecular formula is C15H26N2O2S2. The summed E-state index contributed by atoms with van der Waals surface area (Å²) < 4.78 is 23.1. The van der Waals surface area contributed by atoms with E-state index in [0.29, 0.717) is 6.42 Å². The zero-order valence-electron chi connectivity index (χ0n) is 12.7. The zero-order chi connectivity index (χ0) is 15.3. The molecule has 0 fully saturated rings. The highest BCUT2D eigenvalue weighted by atomic mass is 32.2. The largest absolute Gasteiger partial charge is 0.271 e. The van der Waals surface area contributed by atoms with Gasteiger partial charge in [0, 0.05) is 15.5 Å². The minimum atomic E-state index is -2.88. The number of hydrogen-bond acceptors (Lipinski definition) is 5. The van der Waals surface area contributed by atoms with Crippen LogP contribution in [0.5, 0.6) is 0 Å². The number of thiophene rings is 1. The molecule has 3 N–H and O–H groups in total. The summed E-state index contributed by atoms with van der Waals surface area (Å²) in [5, 5.41) is 0. The zero-order valence-corrected chi connectivity index (χ0v) is 14.4. The molecule has 4 nitrogen and oxygen atoms in total. The first-order valence-electron chi connectivity index (χ1n) is 7.83. The van der Waals surface area contributed by atoms with Crippen LogP contribution >= 0.6 is 11.3 Å². The molecule has 1 aromatic rings. The van der Waals surface area contributed by atoms with Crippen LogP contribution in [0.25, 0.3) is 0 Å². The molecule has 0 amide bonds. The fourth-order valence-electron chi connectivity index (χ4n) is 2.82. The summed E-state index contributed by atoms with van der Waals surface area (Å²) in [6.07, 6.45) is 7.67. The molecule has 0 spiro atoms. The Morgan fingerprint density at radius 2 is 2.10 bits per heavy atom. The summed E-state index contributed by atoms with van der Waals surface area (Å²) in [4.78, 5) is 2.77. The van der Waals surface area contributed by atoms with Crippen molar-refractivity contribution in [2.75, 3.05) is 11.5 Å². The maximum Gasteiger partial charge on any atom is 0.150 e. The summed E-state index contributed by atoms with van der Waals surface area (Å²) in [5.74, 6) is 6.16. The molecule has 0 saturated heterocycles. The third kappa shape index (κ3) is 4.77. The second-order valence-electron chi connectivity index (χ2n) is 5.76. The molecule has 1 heterocycles. The van der Waals surface area contributed by atoms with Crippen LogP contribution in [0.3, 0.4) is 0 Å². The van der Waals surface area contributed by atoms with E-state index in [1.807, 2.05) is 11.3 Å². The first-order chi connectivity index (χ1) is 10.1. The fourth-order valence-corrected chi connectivity index (χ4v) is 5.07. The Labute approximate surface area is 132 Å². The lowest BCUT2D eigenvalue weighted by Crippen LogP contribution is -2.28. The van der Waals surface area contributed by atoms with Crippen molar-refractivity contribution in [2.45, 2.75) is 57.9 Å². The van der Waals surface area contributed by atoms with Crippen molar-refractivity contribution in [3.8, 4) is 0 Å². The Balaban J connectivity index is 1.98. The standard InChI is InChI=1S/C15H26N2O2S2/c1-2-21(18,19)10-6-8-13(17-16)15-11-12-7-4-3-5-9-14(12)20-15/h11,13,17H,2-10,16H2,1H3. The molecule has 120 valence electrons. The SMILES string of the molecule is CCS(=O)(=O)CCCC(NN)c1cc2c(s1)CCCCC2. The maximum atomic E-state index is 11.6. The van der Waals surface area contributed by atoms with Gasteiger partial charge in [0.2, 0.25) is 0 Å². The van der Waals surface area contributed by atoms with Gasteiger partial charge in [-0.2, -0.15) is 0 Å². The van der Waals surface area contributed by atoms with E-state index in [2.05, 4.69) is 11.5 Å². The van der Waals surface area contributed by atoms with E-state index >= 15 is 0 Å². The molecule has 21 heavy (non-hydrogen) atoms. The third-order valence-corrected chi connectivity index (χ3v) is 7.34. The Hall–Kier alpha value is -0.430. The molecule has 0 radical (unpaired) electrons. The lowest BCUT2D eigenvalue weighted by molar-refractivity contribution is 0.514. The van der Waals surface area contributed by atoms with E-state index in [9.17, 15) is 8.42 Å². The Morgan fingerprint density at radius 1 is 1.33 bits per heavy atom. The van der Waals surface area contributed by atoms with E-state index < -0.39 is 9.84 Å². The van der Waals surface area contributed by atoms with Crippen LogP contribution in [-0.2, 0) is 22.7 Å². The Kier molecular flexibility index (Phi) is 6.22. The molecule has 0 aromatic carbocycles. The summed E-state index contributed by atoms with van der Waals surface area (Å²) >= 11 is 1.85. The number of fused-ring (bicyclic) bond motifs is 1. The molecular weight excluding hydrogens is 304 g/mol. The fraction of sp³-hybridized carbons (Fsp3) is 0.733. The first kappa shape index (κ1) is 16.9. The van der Waals surface area contributed by atoms with Gasteiger partial charge >= 0.3 is 0 Å².